The molecule has 0 bridgehead atoms. The minimum atomic E-state index is -0.202. The summed E-state index contributed by atoms with van der Waals surface area (Å²) in [7, 11) is 0. The number of anilines is 1. The van der Waals surface area contributed by atoms with Gasteiger partial charge < -0.3 is 10.6 Å². The Morgan fingerprint density at radius 3 is 2.79 bits per heavy atom. The molecular weight excluding hydrogens is 354 g/mol. The topological polar surface area (TPSA) is 88.9 Å². The third-order valence-electron chi connectivity index (χ3n) is 4.72. The molecule has 142 valence electrons. The summed E-state index contributed by atoms with van der Waals surface area (Å²) in [6.45, 7) is 2.20. The zero-order chi connectivity index (χ0) is 19.5. The standard InChI is InChI=1S/C21H21N5O2/c1-14-18(13-24-26(14)19-7-2-3-10-22-19)21(28)23-12-15-5-4-6-17(11-15)25-20(27)16-8-9-16/h2-7,10-11,13,16H,8-9,12H2,1H3,(H,23,28)(H,25,27). The van der Waals surface area contributed by atoms with Crippen molar-refractivity contribution in [3.63, 3.8) is 0 Å². The number of rotatable bonds is 6. The molecule has 2 N–H and O–H groups in total. The van der Waals surface area contributed by atoms with Crippen molar-refractivity contribution in [3.8, 4) is 5.82 Å². The molecule has 0 spiro atoms. The Bertz CT molecular complexity index is 1010. The molecule has 0 unspecified atom stereocenters. The molecule has 3 aromatic rings. The van der Waals surface area contributed by atoms with Gasteiger partial charge in [0, 0.05) is 24.3 Å². The summed E-state index contributed by atoms with van der Waals surface area (Å²) in [5, 5.41) is 10.1. The Morgan fingerprint density at radius 2 is 2.04 bits per heavy atom. The van der Waals surface area contributed by atoms with Crippen LogP contribution in [0.2, 0.25) is 0 Å². The van der Waals surface area contributed by atoms with E-state index in [0.717, 1.165) is 29.8 Å². The lowest BCUT2D eigenvalue weighted by molar-refractivity contribution is -0.117. The first-order valence-electron chi connectivity index (χ1n) is 9.26. The lowest BCUT2D eigenvalue weighted by atomic mass is 10.2. The van der Waals surface area contributed by atoms with Crippen molar-refractivity contribution in [2.45, 2.75) is 26.3 Å². The first kappa shape index (κ1) is 17.9. The van der Waals surface area contributed by atoms with Gasteiger partial charge in [0.15, 0.2) is 5.82 Å². The van der Waals surface area contributed by atoms with Gasteiger partial charge in [-0.25, -0.2) is 9.67 Å². The van der Waals surface area contributed by atoms with Gasteiger partial charge in [-0.05, 0) is 49.6 Å². The van der Waals surface area contributed by atoms with E-state index in [4.69, 9.17) is 0 Å². The van der Waals surface area contributed by atoms with E-state index >= 15 is 0 Å². The second-order valence-electron chi connectivity index (χ2n) is 6.89. The quantitative estimate of drug-likeness (QED) is 0.693. The van der Waals surface area contributed by atoms with Gasteiger partial charge in [-0.15, -0.1) is 0 Å². The number of benzene rings is 1. The van der Waals surface area contributed by atoms with Gasteiger partial charge in [0.2, 0.25) is 5.91 Å². The molecule has 0 radical (unpaired) electrons. The monoisotopic (exact) mass is 375 g/mol. The van der Waals surface area contributed by atoms with E-state index in [0.29, 0.717) is 17.9 Å². The molecule has 2 amide bonds. The Labute approximate surface area is 162 Å². The molecule has 0 saturated heterocycles. The van der Waals surface area contributed by atoms with Crippen LogP contribution in [0.3, 0.4) is 0 Å². The normalized spacial score (nSPS) is 13.2. The summed E-state index contributed by atoms with van der Waals surface area (Å²) in [6, 6.07) is 13.1. The lowest BCUT2D eigenvalue weighted by Gasteiger charge is -2.09. The smallest absolute Gasteiger partial charge is 0.255 e. The Kier molecular flexibility index (Phi) is 4.89. The molecule has 1 aromatic carbocycles. The zero-order valence-electron chi connectivity index (χ0n) is 15.6. The number of carbonyl (C=O) groups is 2. The van der Waals surface area contributed by atoms with Crippen molar-refractivity contribution >= 4 is 17.5 Å². The predicted molar refractivity (Wildman–Crippen MR) is 105 cm³/mol. The maximum absolute atomic E-state index is 12.6. The molecule has 2 heterocycles. The van der Waals surface area contributed by atoms with Crippen LogP contribution in [0, 0.1) is 12.8 Å². The fraction of sp³-hybridized carbons (Fsp3) is 0.238. The van der Waals surface area contributed by atoms with E-state index < -0.39 is 0 Å². The van der Waals surface area contributed by atoms with Gasteiger partial charge in [-0.3, -0.25) is 9.59 Å². The number of nitrogens with zero attached hydrogens (tertiary/aromatic N) is 3. The molecule has 4 rings (SSSR count). The van der Waals surface area contributed by atoms with Crippen LogP contribution >= 0.6 is 0 Å². The van der Waals surface area contributed by atoms with Crippen LogP contribution < -0.4 is 10.6 Å². The van der Waals surface area contributed by atoms with Crippen LogP contribution in [-0.2, 0) is 11.3 Å². The molecule has 2 aromatic heterocycles. The van der Waals surface area contributed by atoms with Gasteiger partial charge >= 0.3 is 0 Å². The second kappa shape index (κ2) is 7.64. The third kappa shape index (κ3) is 3.93. The molecule has 28 heavy (non-hydrogen) atoms. The van der Waals surface area contributed by atoms with Crippen LogP contribution in [0.25, 0.3) is 5.82 Å². The summed E-state index contributed by atoms with van der Waals surface area (Å²) in [6.07, 6.45) is 5.16. The predicted octanol–water partition coefficient (Wildman–Crippen LogP) is 2.85. The molecule has 7 heteroatoms. The van der Waals surface area contributed by atoms with Crippen LogP contribution in [0.4, 0.5) is 5.69 Å². The van der Waals surface area contributed by atoms with E-state index in [1.807, 2.05) is 49.4 Å². The van der Waals surface area contributed by atoms with Gasteiger partial charge in [0.05, 0.1) is 17.5 Å². The number of hydrogen-bond acceptors (Lipinski definition) is 4. The number of aromatic nitrogens is 3. The third-order valence-corrected chi connectivity index (χ3v) is 4.72. The molecule has 1 aliphatic carbocycles. The number of hydrogen-bond donors (Lipinski definition) is 2. The molecular formula is C21H21N5O2. The average molecular weight is 375 g/mol. The highest BCUT2D eigenvalue weighted by molar-refractivity contribution is 5.95. The minimum Gasteiger partial charge on any atom is -0.348 e. The fourth-order valence-corrected chi connectivity index (χ4v) is 2.97. The molecule has 1 saturated carbocycles. The van der Waals surface area contributed by atoms with Crippen molar-refractivity contribution < 1.29 is 9.59 Å². The maximum Gasteiger partial charge on any atom is 0.255 e. The van der Waals surface area contributed by atoms with E-state index in [-0.39, 0.29) is 17.7 Å². The van der Waals surface area contributed by atoms with Crippen LogP contribution in [-0.4, -0.2) is 26.6 Å². The molecule has 1 fully saturated rings. The number of carbonyl (C=O) groups excluding carboxylic acids is 2. The van der Waals surface area contributed by atoms with Gasteiger partial charge in [-0.2, -0.15) is 5.10 Å². The minimum absolute atomic E-state index is 0.0683. The zero-order valence-corrected chi connectivity index (χ0v) is 15.6. The van der Waals surface area contributed by atoms with E-state index in [2.05, 4.69) is 20.7 Å². The second-order valence-corrected chi connectivity index (χ2v) is 6.89. The highest BCUT2D eigenvalue weighted by Crippen LogP contribution is 2.30. The molecule has 1 aliphatic rings. The van der Waals surface area contributed by atoms with E-state index in [1.54, 1.807) is 17.1 Å². The summed E-state index contributed by atoms with van der Waals surface area (Å²) in [5.41, 5.74) is 2.89. The van der Waals surface area contributed by atoms with Crippen LogP contribution in [0.15, 0.2) is 54.9 Å². The first-order valence-corrected chi connectivity index (χ1v) is 9.26. The average Bonchev–Trinajstić information content (AvgIpc) is 3.49. The van der Waals surface area contributed by atoms with E-state index in [9.17, 15) is 9.59 Å². The Balaban J connectivity index is 1.41. The van der Waals surface area contributed by atoms with Gasteiger partial charge in [0.1, 0.15) is 0 Å². The number of amides is 2. The highest BCUT2D eigenvalue weighted by Gasteiger charge is 2.29. The summed E-state index contributed by atoms with van der Waals surface area (Å²) in [5.74, 6) is 0.686. The largest absolute Gasteiger partial charge is 0.348 e. The SMILES string of the molecule is Cc1c(C(=O)NCc2cccc(NC(=O)C3CC3)c2)cnn1-c1ccccn1. The summed E-state index contributed by atoms with van der Waals surface area (Å²) < 4.78 is 1.64. The van der Waals surface area contributed by atoms with Crippen LogP contribution in [0.1, 0.15) is 34.5 Å². The van der Waals surface area contributed by atoms with Crippen molar-refractivity contribution in [1.29, 1.82) is 0 Å². The first-order chi connectivity index (χ1) is 13.6. The van der Waals surface area contributed by atoms with Gasteiger partial charge in [-0.1, -0.05) is 18.2 Å². The molecule has 0 aliphatic heterocycles. The highest BCUT2D eigenvalue weighted by atomic mass is 16.2. The van der Waals surface area contributed by atoms with E-state index in [1.165, 1.54) is 0 Å². The van der Waals surface area contributed by atoms with Crippen molar-refractivity contribution in [1.82, 2.24) is 20.1 Å². The Morgan fingerprint density at radius 1 is 1.18 bits per heavy atom. The maximum atomic E-state index is 12.6. The van der Waals surface area contributed by atoms with Crippen molar-refractivity contribution in [2.24, 2.45) is 5.92 Å². The summed E-state index contributed by atoms with van der Waals surface area (Å²) >= 11 is 0. The van der Waals surface area contributed by atoms with Crippen LogP contribution in [0.5, 0.6) is 0 Å². The van der Waals surface area contributed by atoms with Gasteiger partial charge in [0.25, 0.3) is 5.91 Å². The molecule has 0 atom stereocenters. The Hall–Kier alpha value is -3.48. The number of nitrogens with one attached hydrogen (secondary N) is 2. The number of pyridine rings is 1. The molecule has 7 nitrogen and oxygen atoms in total. The van der Waals surface area contributed by atoms with Crippen molar-refractivity contribution in [3.05, 3.63) is 71.7 Å². The van der Waals surface area contributed by atoms with Crippen molar-refractivity contribution in [2.75, 3.05) is 5.32 Å². The fourth-order valence-electron chi connectivity index (χ4n) is 2.97. The summed E-state index contributed by atoms with van der Waals surface area (Å²) in [4.78, 5) is 28.7. The lowest BCUT2D eigenvalue weighted by Crippen LogP contribution is -2.23.